The highest BCUT2D eigenvalue weighted by Gasteiger charge is 2.15. The monoisotopic (exact) mass is 220 g/mol. The number of nitro groups is 1. The number of fused-ring (bicyclic) bond motifs is 1. The second-order valence-corrected chi connectivity index (χ2v) is 3.95. The molecule has 2 aromatic heterocycles. The number of nitrogens with zero attached hydrogens (tertiary/aromatic N) is 4. The van der Waals surface area contributed by atoms with E-state index in [0.29, 0.717) is 5.65 Å². The second kappa shape index (κ2) is 3.55. The van der Waals surface area contributed by atoms with Gasteiger partial charge in [-0.2, -0.15) is 5.10 Å². The summed E-state index contributed by atoms with van der Waals surface area (Å²) in [6.07, 6.45) is 1.27. The number of pyridine rings is 1. The summed E-state index contributed by atoms with van der Waals surface area (Å²) in [6.45, 7) is 5.82. The summed E-state index contributed by atoms with van der Waals surface area (Å²) in [4.78, 5) is 14.3. The van der Waals surface area contributed by atoms with Crippen molar-refractivity contribution >= 4 is 16.7 Å². The average molecular weight is 220 g/mol. The first-order valence-corrected chi connectivity index (χ1v) is 5.00. The molecule has 0 N–H and O–H groups in total. The lowest BCUT2D eigenvalue weighted by Crippen LogP contribution is -2.03. The summed E-state index contributed by atoms with van der Waals surface area (Å²) in [7, 11) is 0. The highest BCUT2D eigenvalue weighted by molar-refractivity contribution is 5.80. The van der Waals surface area contributed by atoms with Crippen LogP contribution < -0.4 is 0 Å². The number of rotatable bonds is 2. The molecule has 2 rings (SSSR count). The molecule has 2 aromatic rings. The fourth-order valence-corrected chi connectivity index (χ4v) is 1.62. The Morgan fingerprint density at radius 2 is 2.19 bits per heavy atom. The van der Waals surface area contributed by atoms with E-state index in [2.05, 4.69) is 10.1 Å². The Balaban J connectivity index is 2.71. The van der Waals surface area contributed by atoms with Crippen LogP contribution in [-0.2, 0) is 0 Å². The van der Waals surface area contributed by atoms with E-state index in [1.54, 1.807) is 4.68 Å². The lowest BCUT2D eigenvalue weighted by atomic mass is 10.2. The third-order valence-electron chi connectivity index (χ3n) is 2.42. The molecule has 6 nitrogen and oxygen atoms in total. The Labute approximate surface area is 92.1 Å². The molecule has 0 unspecified atom stereocenters. The van der Waals surface area contributed by atoms with Crippen molar-refractivity contribution in [2.45, 2.75) is 26.8 Å². The zero-order chi connectivity index (χ0) is 11.9. The minimum atomic E-state index is -0.446. The first kappa shape index (κ1) is 10.5. The Hall–Kier alpha value is -1.98. The predicted molar refractivity (Wildman–Crippen MR) is 59.3 cm³/mol. The summed E-state index contributed by atoms with van der Waals surface area (Å²) in [5.41, 5.74) is 1.46. The zero-order valence-electron chi connectivity index (χ0n) is 9.34. The summed E-state index contributed by atoms with van der Waals surface area (Å²) < 4.78 is 1.77. The Morgan fingerprint density at radius 3 is 2.75 bits per heavy atom. The Morgan fingerprint density at radius 1 is 1.50 bits per heavy atom. The summed E-state index contributed by atoms with van der Waals surface area (Å²) >= 11 is 0. The molecule has 0 aliphatic carbocycles. The van der Waals surface area contributed by atoms with Gasteiger partial charge in [0.25, 0.3) is 5.69 Å². The van der Waals surface area contributed by atoms with Gasteiger partial charge in [0, 0.05) is 17.5 Å². The lowest BCUT2D eigenvalue weighted by Gasteiger charge is -2.05. The second-order valence-electron chi connectivity index (χ2n) is 3.95. The van der Waals surface area contributed by atoms with E-state index < -0.39 is 4.92 Å². The van der Waals surface area contributed by atoms with Crippen LogP contribution in [-0.4, -0.2) is 19.7 Å². The standard InChI is InChI=1S/C10H12N4O2/c1-6(2)13-10-9(7(3)12-13)4-8(5-11-10)14(15)16/h4-6H,1-3H3. The van der Waals surface area contributed by atoms with Crippen molar-refractivity contribution in [3.05, 3.63) is 28.1 Å². The molecular formula is C10H12N4O2. The predicted octanol–water partition coefficient (Wildman–Crippen LogP) is 2.23. The van der Waals surface area contributed by atoms with Crippen molar-refractivity contribution < 1.29 is 4.92 Å². The lowest BCUT2D eigenvalue weighted by molar-refractivity contribution is -0.385. The molecule has 0 aromatic carbocycles. The van der Waals surface area contributed by atoms with Crippen LogP contribution in [0.15, 0.2) is 12.3 Å². The quantitative estimate of drug-likeness (QED) is 0.574. The molecule has 0 bridgehead atoms. The van der Waals surface area contributed by atoms with Crippen LogP contribution in [0.25, 0.3) is 11.0 Å². The average Bonchev–Trinajstić information content (AvgIpc) is 2.56. The molecule has 0 atom stereocenters. The molecule has 0 amide bonds. The first-order chi connectivity index (χ1) is 7.50. The topological polar surface area (TPSA) is 73.8 Å². The maximum atomic E-state index is 10.6. The van der Waals surface area contributed by atoms with Gasteiger partial charge in [0.05, 0.1) is 10.6 Å². The van der Waals surface area contributed by atoms with Gasteiger partial charge < -0.3 is 0 Å². The van der Waals surface area contributed by atoms with E-state index in [-0.39, 0.29) is 11.7 Å². The van der Waals surface area contributed by atoms with Gasteiger partial charge in [-0.3, -0.25) is 10.1 Å². The molecule has 0 aliphatic heterocycles. The van der Waals surface area contributed by atoms with Crippen molar-refractivity contribution in [1.82, 2.24) is 14.8 Å². The molecule has 0 spiro atoms. The van der Waals surface area contributed by atoms with Gasteiger partial charge in [0.15, 0.2) is 5.65 Å². The van der Waals surface area contributed by atoms with Crippen LogP contribution in [0, 0.1) is 17.0 Å². The van der Waals surface area contributed by atoms with Crippen LogP contribution in [0.5, 0.6) is 0 Å². The molecule has 6 heteroatoms. The van der Waals surface area contributed by atoms with Crippen LogP contribution in [0.3, 0.4) is 0 Å². The van der Waals surface area contributed by atoms with Crippen LogP contribution in [0.4, 0.5) is 5.69 Å². The molecular weight excluding hydrogens is 208 g/mol. The largest absolute Gasteiger partial charge is 0.288 e. The van der Waals surface area contributed by atoms with E-state index in [1.807, 2.05) is 20.8 Å². The first-order valence-electron chi connectivity index (χ1n) is 5.00. The number of hydrogen-bond donors (Lipinski definition) is 0. The third-order valence-corrected chi connectivity index (χ3v) is 2.42. The maximum Gasteiger partial charge on any atom is 0.288 e. The summed E-state index contributed by atoms with van der Waals surface area (Å²) in [5, 5.41) is 15.7. The van der Waals surface area contributed by atoms with Crippen molar-refractivity contribution in [2.24, 2.45) is 0 Å². The normalized spacial score (nSPS) is 11.2. The number of aryl methyl sites for hydroxylation is 1. The van der Waals surface area contributed by atoms with E-state index in [4.69, 9.17) is 0 Å². The van der Waals surface area contributed by atoms with Gasteiger partial charge in [-0.1, -0.05) is 0 Å². The van der Waals surface area contributed by atoms with Gasteiger partial charge in [0.1, 0.15) is 6.20 Å². The van der Waals surface area contributed by atoms with Gasteiger partial charge in [0.2, 0.25) is 0 Å². The van der Waals surface area contributed by atoms with Gasteiger partial charge in [-0.15, -0.1) is 0 Å². The van der Waals surface area contributed by atoms with Gasteiger partial charge >= 0.3 is 0 Å². The third kappa shape index (κ3) is 1.52. The van der Waals surface area contributed by atoms with E-state index in [0.717, 1.165) is 11.1 Å². The van der Waals surface area contributed by atoms with Crippen molar-refractivity contribution in [3.63, 3.8) is 0 Å². The zero-order valence-corrected chi connectivity index (χ0v) is 9.34. The van der Waals surface area contributed by atoms with E-state index in [9.17, 15) is 10.1 Å². The smallest absolute Gasteiger partial charge is 0.258 e. The summed E-state index contributed by atoms with van der Waals surface area (Å²) in [5.74, 6) is 0. The molecule has 0 radical (unpaired) electrons. The molecule has 0 aliphatic rings. The van der Waals surface area contributed by atoms with Crippen molar-refractivity contribution in [2.75, 3.05) is 0 Å². The molecule has 2 heterocycles. The molecule has 0 saturated heterocycles. The van der Waals surface area contributed by atoms with Crippen molar-refractivity contribution in [1.29, 1.82) is 0 Å². The number of hydrogen-bond acceptors (Lipinski definition) is 4. The van der Waals surface area contributed by atoms with Crippen LogP contribution in [0.1, 0.15) is 25.6 Å². The minimum Gasteiger partial charge on any atom is -0.258 e. The van der Waals surface area contributed by atoms with E-state index >= 15 is 0 Å². The van der Waals surface area contributed by atoms with E-state index in [1.165, 1.54) is 12.3 Å². The van der Waals surface area contributed by atoms with Crippen molar-refractivity contribution in [3.8, 4) is 0 Å². The van der Waals surface area contributed by atoms with Gasteiger partial charge in [-0.05, 0) is 20.8 Å². The highest BCUT2D eigenvalue weighted by atomic mass is 16.6. The molecule has 0 fully saturated rings. The fourth-order valence-electron chi connectivity index (χ4n) is 1.62. The summed E-state index contributed by atoms with van der Waals surface area (Å²) in [6, 6.07) is 1.70. The van der Waals surface area contributed by atoms with Crippen LogP contribution in [0.2, 0.25) is 0 Å². The fraction of sp³-hybridized carbons (Fsp3) is 0.400. The number of aromatic nitrogens is 3. The Kier molecular flexibility index (Phi) is 2.34. The minimum absolute atomic E-state index is 0.00101. The van der Waals surface area contributed by atoms with Crippen LogP contribution >= 0.6 is 0 Å². The molecule has 16 heavy (non-hydrogen) atoms. The Bertz CT molecular complexity index is 559. The maximum absolute atomic E-state index is 10.6. The SMILES string of the molecule is Cc1nn(C(C)C)c2ncc([N+](=O)[O-])cc12. The molecule has 0 saturated carbocycles. The van der Waals surface area contributed by atoms with Gasteiger partial charge in [-0.25, -0.2) is 9.67 Å². The highest BCUT2D eigenvalue weighted by Crippen LogP contribution is 2.23. The molecule has 84 valence electrons.